The van der Waals surface area contributed by atoms with Gasteiger partial charge >= 0.3 is 0 Å². The van der Waals surface area contributed by atoms with Crippen molar-refractivity contribution < 1.29 is 18.3 Å². The molecule has 7 nitrogen and oxygen atoms in total. The molecule has 0 unspecified atom stereocenters. The van der Waals surface area contributed by atoms with Crippen LogP contribution in [0.25, 0.3) is 33.6 Å². The maximum Gasteiger partial charge on any atom is 0.232 e. The fourth-order valence-electron chi connectivity index (χ4n) is 4.68. The lowest BCUT2D eigenvalue weighted by Crippen LogP contribution is -2.49. The molecule has 0 saturated carbocycles. The highest BCUT2D eigenvalue weighted by Gasteiger charge is 2.27. The van der Waals surface area contributed by atoms with Gasteiger partial charge in [-0.15, -0.1) is 0 Å². The van der Waals surface area contributed by atoms with Crippen molar-refractivity contribution in [3.05, 3.63) is 54.6 Å². The van der Waals surface area contributed by atoms with E-state index >= 15 is 0 Å². The summed E-state index contributed by atoms with van der Waals surface area (Å²) < 4.78 is 31.1. The van der Waals surface area contributed by atoms with Gasteiger partial charge in [-0.2, -0.15) is 0 Å². The van der Waals surface area contributed by atoms with E-state index in [4.69, 9.17) is 13.9 Å². The van der Waals surface area contributed by atoms with Crippen LogP contribution in [0.15, 0.2) is 53.2 Å². The van der Waals surface area contributed by atoms with Crippen molar-refractivity contribution in [1.29, 1.82) is 0 Å². The smallest absolute Gasteiger partial charge is 0.232 e. The van der Waals surface area contributed by atoms with Crippen molar-refractivity contribution in [2.24, 2.45) is 0 Å². The molecule has 4 aromatic rings. The van der Waals surface area contributed by atoms with Crippen LogP contribution in [-0.2, 0) is 0 Å². The molecule has 0 bridgehead atoms. The van der Waals surface area contributed by atoms with E-state index in [1.54, 1.807) is 32.7 Å². The summed E-state index contributed by atoms with van der Waals surface area (Å²) in [5.74, 6) is 2.37. The van der Waals surface area contributed by atoms with Crippen molar-refractivity contribution in [2.75, 3.05) is 45.3 Å². The third-order valence-electron chi connectivity index (χ3n) is 6.59. The average molecular weight is 477 g/mol. The Morgan fingerprint density at radius 2 is 1.57 bits per heavy atom. The van der Waals surface area contributed by atoms with Crippen LogP contribution in [0.1, 0.15) is 13.8 Å². The lowest BCUT2D eigenvalue weighted by molar-refractivity contribution is 0.209. The second-order valence-corrected chi connectivity index (χ2v) is 8.88. The Hall–Kier alpha value is -3.65. The molecule has 5 rings (SSSR count). The molecule has 3 heterocycles. The van der Waals surface area contributed by atoms with Gasteiger partial charge in [-0.25, -0.2) is 14.4 Å². The van der Waals surface area contributed by atoms with Gasteiger partial charge in [0.2, 0.25) is 5.71 Å². The van der Waals surface area contributed by atoms with Crippen LogP contribution in [0.3, 0.4) is 0 Å². The molecule has 182 valence electrons. The summed E-state index contributed by atoms with van der Waals surface area (Å²) in [6.07, 6.45) is 1.54. The van der Waals surface area contributed by atoms with E-state index in [1.165, 1.54) is 12.1 Å². The lowest BCUT2D eigenvalue weighted by atomic mass is 9.98. The first-order valence-corrected chi connectivity index (χ1v) is 11.7. The van der Waals surface area contributed by atoms with Crippen LogP contribution >= 0.6 is 0 Å². The lowest BCUT2D eigenvalue weighted by Gasteiger charge is -2.37. The fourth-order valence-corrected chi connectivity index (χ4v) is 4.68. The van der Waals surface area contributed by atoms with Gasteiger partial charge in [0.25, 0.3) is 0 Å². The Morgan fingerprint density at radius 3 is 2.23 bits per heavy atom. The van der Waals surface area contributed by atoms with E-state index in [-0.39, 0.29) is 5.82 Å². The molecule has 8 heteroatoms. The normalized spacial score (nSPS) is 14.6. The van der Waals surface area contributed by atoms with Gasteiger partial charge in [-0.05, 0) is 49.7 Å². The largest absolute Gasteiger partial charge is 0.493 e. The third kappa shape index (κ3) is 4.30. The van der Waals surface area contributed by atoms with E-state index in [2.05, 4.69) is 33.6 Å². The molecule has 1 aliphatic rings. The highest BCUT2D eigenvalue weighted by atomic mass is 19.1. The summed E-state index contributed by atoms with van der Waals surface area (Å²) in [5.41, 5.74) is 2.95. The van der Waals surface area contributed by atoms with E-state index < -0.39 is 0 Å². The summed E-state index contributed by atoms with van der Waals surface area (Å²) in [4.78, 5) is 13.9. The molecule has 2 aromatic heterocycles. The molecule has 1 fully saturated rings. The van der Waals surface area contributed by atoms with Crippen LogP contribution in [0.2, 0.25) is 0 Å². The quantitative estimate of drug-likeness (QED) is 0.377. The molecule has 0 amide bonds. The SMILES string of the molecule is COc1ccc(-c2oc3ncnc(N4CCN(C(C)C)CC4)c3c2-c2ccc(F)cc2)cc1OC. The standard InChI is InChI=1S/C27H29FN4O3/c1-17(2)31-11-13-32(14-12-31)26-24-23(18-5-8-20(28)9-6-18)25(35-27(24)30-16-29-26)19-7-10-21(33-3)22(15-19)34-4/h5-10,15-17H,11-14H2,1-4H3. The molecule has 0 atom stereocenters. The average Bonchev–Trinajstić information content (AvgIpc) is 3.28. The van der Waals surface area contributed by atoms with Crippen LogP contribution in [-0.4, -0.2) is 61.3 Å². The minimum absolute atomic E-state index is 0.296. The Bertz CT molecular complexity index is 1330. The molecule has 0 spiro atoms. The number of fused-ring (bicyclic) bond motifs is 1. The number of nitrogens with zero attached hydrogens (tertiary/aromatic N) is 4. The van der Waals surface area contributed by atoms with Crippen molar-refractivity contribution in [1.82, 2.24) is 14.9 Å². The molecule has 1 saturated heterocycles. The zero-order valence-corrected chi connectivity index (χ0v) is 20.4. The number of benzene rings is 2. The van der Waals surface area contributed by atoms with Crippen LogP contribution < -0.4 is 14.4 Å². The predicted octanol–water partition coefficient (Wildman–Crippen LogP) is 5.24. The molecule has 35 heavy (non-hydrogen) atoms. The first kappa shape index (κ1) is 23.1. The number of ether oxygens (including phenoxy) is 2. The zero-order chi connectivity index (χ0) is 24.5. The third-order valence-corrected chi connectivity index (χ3v) is 6.59. The monoisotopic (exact) mass is 476 g/mol. The summed E-state index contributed by atoms with van der Waals surface area (Å²) in [5, 5.41) is 0.821. The number of hydrogen-bond acceptors (Lipinski definition) is 7. The number of aromatic nitrogens is 2. The maximum absolute atomic E-state index is 13.8. The van der Waals surface area contributed by atoms with Gasteiger partial charge in [-0.1, -0.05) is 12.1 Å². The predicted molar refractivity (Wildman–Crippen MR) is 135 cm³/mol. The number of piperazine rings is 1. The molecule has 0 N–H and O–H groups in total. The van der Waals surface area contributed by atoms with E-state index in [1.807, 2.05) is 18.2 Å². The minimum Gasteiger partial charge on any atom is -0.493 e. The Balaban J connectivity index is 1.70. The second kappa shape index (κ2) is 9.54. The number of methoxy groups -OCH3 is 2. The summed E-state index contributed by atoms with van der Waals surface area (Å²) in [7, 11) is 3.20. The van der Waals surface area contributed by atoms with E-state index in [9.17, 15) is 4.39 Å². The van der Waals surface area contributed by atoms with Gasteiger partial charge in [-0.3, -0.25) is 4.90 Å². The van der Waals surface area contributed by atoms with Gasteiger partial charge in [0.1, 0.15) is 23.7 Å². The van der Waals surface area contributed by atoms with Crippen LogP contribution in [0, 0.1) is 5.82 Å². The number of anilines is 1. The van der Waals surface area contributed by atoms with Crippen LogP contribution in [0.4, 0.5) is 10.2 Å². The number of furan rings is 1. The molecular formula is C27H29FN4O3. The molecule has 0 aliphatic carbocycles. The first-order chi connectivity index (χ1) is 17.0. The maximum atomic E-state index is 13.8. The van der Waals surface area contributed by atoms with Gasteiger partial charge in [0.05, 0.1) is 19.6 Å². The minimum atomic E-state index is -0.296. The van der Waals surface area contributed by atoms with Gasteiger partial charge in [0.15, 0.2) is 11.5 Å². The van der Waals surface area contributed by atoms with Crippen molar-refractivity contribution >= 4 is 16.9 Å². The second-order valence-electron chi connectivity index (χ2n) is 8.88. The summed E-state index contributed by atoms with van der Waals surface area (Å²) >= 11 is 0. The summed E-state index contributed by atoms with van der Waals surface area (Å²) in [6, 6.07) is 12.6. The Labute approximate surface area is 204 Å². The topological polar surface area (TPSA) is 63.9 Å². The Morgan fingerprint density at radius 1 is 0.886 bits per heavy atom. The Kier molecular flexibility index (Phi) is 6.30. The number of hydrogen-bond donors (Lipinski definition) is 0. The highest BCUT2D eigenvalue weighted by molar-refractivity contribution is 6.06. The van der Waals surface area contributed by atoms with E-state index in [0.717, 1.165) is 54.1 Å². The van der Waals surface area contributed by atoms with E-state index in [0.29, 0.717) is 29.0 Å². The van der Waals surface area contributed by atoms with Gasteiger partial charge in [0, 0.05) is 43.3 Å². The molecular weight excluding hydrogens is 447 g/mol. The number of rotatable bonds is 6. The van der Waals surface area contributed by atoms with Crippen LogP contribution in [0.5, 0.6) is 11.5 Å². The fraction of sp³-hybridized carbons (Fsp3) is 0.333. The first-order valence-electron chi connectivity index (χ1n) is 11.7. The van der Waals surface area contributed by atoms with Crippen molar-refractivity contribution in [3.63, 3.8) is 0 Å². The molecule has 1 aliphatic heterocycles. The van der Waals surface area contributed by atoms with Crippen molar-refractivity contribution in [2.45, 2.75) is 19.9 Å². The number of halogens is 1. The van der Waals surface area contributed by atoms with Gasteiger partial charge < -0.3 is 18.8 Å². The highest BCUT2D eigenvalue weighted by Crippen LogP contribution is 2.45. The molecule has 0 radical (unpaired) electrons. The van der Waals surface area contributed by atoms with Crippen molar-refractivity contribution in [3.8, 4) is 33.9 Å². The summed E-state index contributed by atoms with van der Waals surface area (Å²) in [6.45, 7) is 8.05. The zero-order valence-electron chi connectivity index (χ0n) is 20.4. The molecule has 2 aromatic carbocycles.